The number of rotatable bonds is 4. The van der Waals surface area contributed by atoms with E-state index in [2.05, 4.69) is 10.1 Å². The summed E-state index contributed by atoms with van der Waals surface area (Å²) >= 11 is 18.4. The maximum absolute atomic E-state index is 11.7. The zero-order chi connectivity index (χ0) is 20.6. The quantitative estimate of drug-likeness (QED) is 0.216. The number of pyridine rings is 1. The molecule has 3 rings (SSSR count). The molecule has 0 saturated carbocycles. The summed E-state index contributed by atoms with van der Waals surface area (Å²) < 4.78 is 1.71. The van der Waals surface area contributed by atoms with Crippen molar-refractivity contribution in [1.82, 2.24) is 9.55 Å². The molecule has 28 heavy (non-hydrogen) atoms. The number of carboxylic acid groups (broad SMARTS) is 1. The highest BCUT2D eigenvalue weighted by Crippen LogP contribution is 2.38. The molecule has 1 saturated heterocycles. The second kappa shape index (κ2) is 8.06. The summed E-state index contributed by atoms with van der Waals surface area (Å²) in [6.07, 6.45) is 1.32. The third kappa shape index (κ3) is 3.72. The lowest BCUT2D eigenvalue weighted by Gasteiger charge is -2.34. The van der Waals surface area contributed by atoms with E-state index in [4.69, 9.17) is 45.7 Å². The molecule has 0 aliphatic carbocycles. The molecule has 0 bridgehead atoms. The zero-order valence-corrected chi connectivity index (χ0v) is 17.1. The summed E-state index contributed by atoms with van der Waals surface area (Å²) in [7, 11) is 0. The number of aromatic carboxylic acids is 1. The summed E-state index contributed by atoms with van der Waals surface area (Å²) in [4.78, 5) is 18.0. The van der Waals surface area contributed by atoms with Gasteiger partial charge in [0.1, 0.15) is 16.7 Å². The minimum atomic E-state index is -1.11. The summed E-state index contributed by atoms with van der Waals surface area (Å²) in [6.45, 7) is 2.98. The molecule has 4 N–H and O–H groups in total. The van der Waals surface area contributed by atoms with Gasteiger partial charge in [-0.3, -0.25) is 0 Å². The number of amidine groups is 1. The first-order valence-corrected chi connectivity index (χ1v) is 9.57. The van der Waals surface area contributed by atoms with Gasteiger partial charge in [0.25, 0.3) is 0 Å². The van der Waals surface area contributed by atoms with Crippen LogP contribution < -0.4 is 10.6 Å². The minimum Gasteiger partial charge on any atom is -0.477 e. The topological polar surface area (TPSA) is 117 Å². The van der Waals surface area contributed by atoms with Crippen molar-refractivity contribution in [3.8, 4) is 0 Å². The molecule has 2 aromatic rings. The third-order valence-corrected chi connectivity index (χ3v) is 5.98. The molecule has 0 amide bonds. The lowest BCUT2D eigenvalue weighted by molar-refractivity contribution is 0.0681. The molecule has 0 atom stereocenters. The molecular weight excluding hydrogens is 429 g/mol. The molecule has 8 nitrogen and oxygen atoms in total. The van der Waals surface area contributed by atoms with Crippen LogP contribution in [0.2, 0.25) is 15.2 Å². The van der Waals surface area contributed by atoms with Gasteiger partial charge >= 0.3 is 5.97 Å². The lowest BCUT2D eigenvalue weighted by Crippen LogP contribution is -2.36. The summed E-state index contributed by atoms with van der Waals surface area (Å²) in [5, 5.41) is 22.0. The number of anilines is 1. The van der Waals surface area contributed by atoms with Crippen molar-refractivity contribution in [3.05, 3.63) is 44.3 Å². The number of oxime groups is 1. The number of halogens is 3. The molecule has 1 aliphatic heterocycles. The molecule has 150 valence electrons. The molecule has 1 aliphatic rings. The van der Waals surface area contributed by atoms with E-state index in [1.165, 1.54) is 6.07 Å². The fraction of sp³-hybridized carbons (Fsp3) is 0.353. The van der Waals surface area contributed by atoms with Crippen LogP contribution in [0, 0.1) is 6.92 Å². The van der Waals surface area contributed by atoms with Crippen LogP contribution in [0.4, 0.5) is 5.82 Å². The van der Waals surface area contributed by atoms with E-state index in [0.29, 0.717) is 43.0 Å². The summed E-state index contributed by atoms with van der Waals surface area (Å²) in [5.74, 6) is -0.563. The molecule has 1 fully saturated rings. The first-order chi connectivity index (χ1) is 13.2. The maximum Gasteiger partial charge on any atom is 0.354 e. The first kappa shape index (κ1) is 20.6. The molecule has 0 unspecified atom stereocenters. The predicted octanol–water partition coefficient (Wildman–Crippen LogP) is 3.79. The van der Waals surface area contributed by atoms with Gasteiger partial charge in [-0.1, -0.05) is 40.0 Å². The Balaban J connectivity index is 1.84. The van der Waals surface area contributed by atoms with E-state index in [0.717, 1.165) is 0 Å². The van der Waals surface area contributed by atoms with Crippen molar-refractivity contribution in [2.75, 3.05) is 18.0 Å². The van der Waals surface area contributed by atoms with Crippen LogP contribution in [0.15, 0.2) is 17.3 Å². The Hall–Kier alpha value is -2.16. The van der Waals surface area contributed by atoms with Gasteiger partial charge in [0.05, 0.1) is 10.0 Å². The predicted molar refractivity (Wildman–Crippen MR) is 108 cm³/mol. The highest BCUT2D eigenvalue weighted by molar-refractivity contribution is 6.44. The minimum absolute atomic E-state index is 0.0118. The lowest BCUT2D eigenvalue weighted by atomic mass is 10.0. The van der Waals surface area contributed by atoms with Crippen LogP contribution in [0.25, 0.3) is 0 Å². The Morgan fingerprint density at radius 2 is 1.89 bits per heavy atom. The third-order valence-electron chi connectivity index (χ3n) is 4.86. The summed E-state index contributed by atoms with van der Waals surface area (Å²) in [6, 6.07) is 3.15. The van der Waals surface area contributed by atoms with Crippen LogP contribution in [0.5, 0.6) is 0 Å². The summed E-state index contributed by atoms with van der Waals surface area (Å²) in [5.41, 5.74) is 6.76. The Kier molecular flexibility index (Phi) is 5.92. The molecule has 11 heteroatoms. The highest BCUT2D eigenvalue weighted by Gasteiger charge is 2.30. The number of aromatic nitrogens is 2. The van der Waals surface area contributed by atoms with Crippen LogP contribution >= 0.6 is 34.8 Å². The van der Waals surface area contributed by atoms with E-state index in [1.54, 1.807) is 17.6 Å². The molecule has 3 heterocycles. The molecule has 2 aromatic heterocycles. The number of carbonyl (C=O) groups is 1. The SMILES string of the molecule is Cc1c(Cl)c(Cl)c(C(=O)O)n1C1CCN(c2cc(/C(N)=N\O)cc(Cl)n2)CC1. The van der Waals surface area contributed by atoms with Crippen molar-refractivity contribution in [2.45, 2.75) is 25.8 Å². The van der Waals surface area contributed by atoms with Gasteiger partial charge in [-0.25, -0.2) is 9.78 Å². The van der Waals surface area contributed by atoms with Crippen molar-refractivity contribution >= 4 is 52.4 Å². The van der Waals surface area contributed by atoms with Crippen LogP contribution in [0.3, 0.4) is 0 Å². The molecule has 0 aromatic carbocycles. The van der Waals surface area contributed by atoms with Crippen molar-refractivity contribution < 1.29 is 15.1 Å². The molecular formula is C17H18Cl3N5O3. The number of piperidine rings is 1. The van der Waals surface area contributed by atoms with E-state index in [-0.39, 0.29) is 32.8 Å². The van der Waals surface area contributed by atoms with Crippen LogP contribution in [0.1, 0.15) is 40.6 Å². The van der Waals surface area contributed by atoms with E-state index >= 15 is 0 Å². The zero-order valence-electron chi connectivity index (χ0n) is 14.9. The second-order valence-corrected chi connectivity index (χ2v) is 7.62. The Morgan fingerprint density at radius 1 is 1.25 bits per heavy atom. The van der Waals surface area contributed by atoms with Crippen molar-refractivity contribution in [3.63, 3.8) is 0 Å². The standard InChI is InChI=1S/C17H18Cl3N5O3/c1-8-13(19)14(20)15(17(26)27)25(8)10-2-4-24(5-3-10)12-7-9(16(21)23-28)6-11(18)22-12/h6-7,10,28H,2-5H2,1H3,(H2,21,23)(H,26,27). The average Bonchev–Trinajstić information content (AvgIpc) is 2.91. The Bertz CT molecular complexity index is 952. The molecule has 0 spiro atoms. The van der Waals surface area contributed by atoms with Gasteiger partial charge in [0.2, 0.25) is 0 Å². The van der Waals surface area contributed by atoms with Gasteiger partial charge < -0.3 is 25.5 Å². The van der Waals surface area contributed by atoms with Crippen molar-refractivity contribution in [1.29, 1.82) is 0 Å². The number of nitrogens with zero attached hydrogens (tertiary/aromatic N) is 4. The van der Waals surface area contributed by atoms with Crippen molar-refractivity contribution in [2.24, 2.45) is 10.9 Å². The van der Waals surface area contributed by atoms with E-state index in [1.807, 2.05) is 4.90 Å². The van der Waals surface area contributed by atoms with Gasteiger partial charge in [-0.2, -0.15) is 0 Å². The molecule has 0 radical (unpaired) electrons. The largest absolute Gasteiger partial charge is 0.477 e. The number of hydrogen-bond acceptors (Lipinski definition) is 5. The first-order valence-electron chi connectivity index (χ1n) is 8.44. The van der Waals surface area contributed by atoms with Gasteiger partial charge in [-0.15, -0.1) is 0 Å². The van der Waals surface area contributed by atoms with Crippen LogP contribution in [-0.4, -0.2) is 44.8 Å². The monoisotopic (exact) mass is 445 g/mol. The average molecular weight is 447 g/mol. The van der Waals surface area contributed by atoms with Gasteiger partial charge in [0, 0.05) is 30.4 Å². The highest BCUT2D eigenvalue weighted by atomic mass is 35.5. The van der Waals surface area contributed by atoms with E-state index < -0.39 is 5.97 Å². The van der Waals surface area contributed by atoms with Gasteiger partial charge in [-0.05, 0) is 31.9 Å². The van der Waals surface area contributed by atoms with E-state index in [9.17, 15) is 9.90 Å². The fourth-order valence-electron chi connectivity index (χ4n) is 3.50. The number of carboxylic acids is 1. The number of nitrogens with two attached hydrogens (primary N) is 1. The second-order valence-electron chi connectivity index (χ2n) is 6.48. The fourth-order valence-corrected chi connectivity index (χ4v) is 4.19. The van der Waals surface area contributed by atoms with Gasteiger partial charge in [0.15, 0.2) is 5.84 Å². The normalized spacial score (nSPS) is 15.9. The smallest absolute Gasteiger partial charge is 0.354 e. The Morgan fingerprint density at radius 3 is 2.46 bits per heavy atom. The number of hydrogen-bond donors (Lipinski definition) is 3. The maximum atomic E-state index is 11.7. The Labute approximate surface area is 176 Å². The van der Waals surface area contributed by atoms with Crippen LogP contribution in [-0.2, 0) is 0 Å².